The van der Waals surface area contributed by atoms with Crippen molar-refractivity contribution in [1.29, 1.82) is 0 Å². The third kappa shape index (κ3) is 4.11. The fraction of sp³-hybridized carbons (Fsp3) is 0.133. The van der Waals surface area contributed by atoms with E-state index in [1.807, 2.05) is 67.3 Å². The van der Waals surface area contributed by atoms with Crippen LogP contribution in [0.1, 0.15) is 37.4 Å². The summed E-state index contributed by atoms with van der Waals surface area (Å²) in [5.41, 5.74) is 8.36. The number of carbonyl (C=O) groups is 2. The molecule has 1 N–H and O–H groups in total. The van der Waals surface area contributed by atoms with E-state index in [0.717, 1.165) is 28.8 Å². The van der Waals surface area contributed by atoms with Gasteiger partial charge in [-0.1, -0.05) is 60.2 Å². The van der Waals surface area contributed by atoms with E-state index in [-0.39, 0.29) is 11.8 Å². The number of carbonyl (C=O) groups excluding carboxylic acids is 2. The van der Waals surface area contributed by atoms with Gasteiger partial charge in [0, 0.05) is 28.9 Å². The highest BCUT2D eigenvalue weighted by molar-refractivity contribution is 6.09. The summed E-state index contributed by atoms with van der Waals surface area (Å²) in [6.45, 7) is 4.55. The number of amides is 2. The predicted molar refractivity (Wildman–Crippen MR) is 138 cm³/mol. The summed E-state index contributed by atoms with van der Waals surface area (Å²) in [6.07, 6.45) is 0.792. The molecular weight excluding hydrogens is 420 g/mol. The van der Waals surface area contributed by atoms with Crippen LogP contribution < -0.4 is 10.2 Å². The summed E-state index contributed by atoms with van der Waals surface area (Å²) in [7, 11) is 0. The Bertz CT molecular complexity index is 1390. The number of hydrogen-bond donors (Lipinski definition) is 1. The van der Waals surface area contributed by atoms with Crippen LogP contribution in [0.15, 0.2) is 91.0 Å². The lowest BCUT2D eigenvalue weighted by atomic mass is 9.98. The maximum Gasteiger partial charge on any atom is 0.258 e. The smallest absolute Gasteiger partial charge is 0.258 e. The topological polar surface area (TPSA) is 49.4 Å². The molecule has 0 saturated heterocycles. The number of rotatable bonds is 3. The molecule has 2 amide bonds. The zero-order valence-corrected chi connectivity index (χ0v) is 19.3. The molecule has 34 heavy (non-hydrogen) atoms. The summed E-state index contributed by atoms with van der Waals surface area (Å²) < 4.78 is 0. The number of anilines is 2. The van der Waals surface area contributed by atoms with Crippen LogP contribution in [-0.4, -0.2) is 18.4 Å². The van der Waals surface area contributed by atoms with Crippen molar-refractivity contribution < 1.29 is 9.59 Å². The van der Waals surface area contributed by atoms with Crippen LogP contribution in [0, 0.1) is 13.8 Å². The second kappa shape index (κ2) is 8.99. The van der Waals surface area contributed by atoms with Crippen molar-refractivity contribution in [3.63, 3.8) is 0 Å². The Hall–Kier alpha value is -4.18. The molecule has 4 aromatic rings. The quantitative estimate of drug-likeness (QED) is 0.394. The third-order valence-corrected chi connectivity index (χ3v) is 6.37. The maximum atomic E-state index is 13.5. The van der Waals surface area contributed by atoms with Gasteiger partial charge in [-0.05, 0) is 73.4 Å². The Morgan fingerprint density at radius 2 is 1.50 bits per heavy atom. The first-order valence-corrected chi connectivity index (χ1v) is 11.5. The molecule has 5 rings (SSSR count). The van der Waals surface area contributed by atoms with Crippen LogP contribution in [0.3, 0.4) is 0 Å². The van der Waals surface area contributed by atoms with Crippen LogP contribution in [0.25, 0.3) is 11.1 Å². The highest BCUT2D eigenvalue weighted by Gasteiger charge is 2.24. The maximum absolute atomic E-state index is 13.5. The van der Waals surface area contributed by atoms with Gasteiger partial charge >= 0.3 is 0 Å². The lowest BCUT2D eigenvalue weighted by Crippen LogP contribution is -2.32. The zero-order valence-electron chi connectivity index (χ0n) is 19.3. The number of benzene rings is 4. The first kappa shape index (κ1) is 21.7. The summed E-state index contributed by atoms with van der Waals surface area (Å²) in [4.78, 5) is 28.1. The first-order chi connectivity index (χ1) is 16.5. The van der Waals surface area contributed by atoms with Gasteiger partial charge in [0.05, 0.1) is 5.69 Å². The number of fused-ring (bicyclic) bond motifs is 3. The van der Waals surface area contributed by atoms with Gasteiger partial charge in [-0.25, -0.2) is 0 Å². The van der Waals surface area contributed by atoms with E-state index < -0.39 is 0 Å². The normalized spacial score (nSPS) is 12.4. The van der Waals surface area contributed by atoms with Crippen molar-refractivity contribution in [1.82, 2.24) is 0 Å². The SMILES string of the molecule is Cc1ccc(C(=O)Nc2ccc(C(=O)N3CCc4ccccc4-c4ccccc43)cc2)c(C)c1. The minimum absolute atomic E-state index is 0.0486. The molecule has 1 aliphatic heterocycles. The van der Waals surface area contributed by atoms with E-state index in [1.165, 1.54) is 11.1 Å². The average molecular weight is 447 g/mol. The number of hydrogen-bond acceptors (Lipinski definition) is 2. The van der Waals surface area contributed by atoms with Crippen LogP contribution >= 0.6 is 0 Å². The van der Waals surface area contributed by atoms with Crippen LogP contribution in [0.5, 0.6) is 0 Å². The van der Waals surface area contributed by atoms with Crippen molar-refractivity contribution in [2.24, 2.45) is 0 Å². The molecule has 4 nitrogen and oxygen atoms in total. The van der Waals surface area contributed by atoms with Gasteiger partial charge in [-0.15, -0.1) is 0 Å². The van der Waals surface area contributed by atoms with E-state index in [1.54, 1.807) is 24.3 Å². The fourth-order valence-electron chi connectivity index (χ4n) is 4.62. The molecule has 0 fully saturated rings. The van der Waals surface area contributed by atoms with Crippen LogP contribution in [0.2, 0.25) is 0 Å². The molecule has 4 heteroatoms. The minimum Gasteiger partial charge on any atom is -0.322 e. The van der Waals surface area contributed by atoms with Gasteiger partial charge < -0.3 is 10.2 Å². The van der Waals surface area contributed by atoms with Crippen molar-refractivity contribution in [2.75, 3.05) is 16.8 Å². The van der Waals surface area contributed by atoms with Crippen molar-refractivity contribution in [3.8, 4) is 11.1 Å². The van der Waals surface area contributed by atoms with E-state index >= 15 is 0 Å². The number of nitrogens with one attached hydrogen (secondary N) is 1. The summed E-state index contributed by atoms with van der Waals surface area (Å²) in [5.74, 6) is -0.205. The minimum atomic E-state index is -0.157. The van der Waals surface area contributed by atoms with E-state index in [9.17, 15) is 9.59 Å². The molecule has 0 aliphatic carbocycles. The molecule has 1 aliphatic rings. The molecule has 168 valence electrons. The Morgan fingerprint density at radius 3 is 2.26 bits per heavy atom. The molecule has 0 aromatic heterocycles. The Labute approximate surface area is 199 Å². The second-order valence-corrected chi connectivity index (χ2v) is 8.73. The van der Waals surface area contributed by atoms with Gasteiger partial charge in [-0.3, -0.25) is 9.59 Å². The predicted octanol–water partition coefficient (Wildman–Crippen LogP) is 6.43. The van der Waals surface area contributed by atoms with E-state index in [0.29, 0.717) is 23.4 Å². The summed E-state index contributed by atoms with van der Waals surface area (Å²) in [6, 6.07) is 29.3. The number of nitrogens with zero attached hydrogens (tertiary/aromatic N) is 1. The van der Waals surface area contributed by atoms with E-state index in [4.69, 9.17) is 0 Å². The largest absolute Gasteiger partial charge is 0.322 e. The van der Waals surface area contributed by atoms with E-state index in [2.05, 4.69) is 23.5 Å². The van der Waals surface area contributed by atoms with Gasteiger partial charge in [0.25, 0.3) is 11.8 Å². The molecule has 0 bridgehead atoms. The number of para-hydroxylation sites is 1. The molecule has 0 saturated carbocycles. The summed E-state index contributed by atoms with van der Waals surface area (Å²) >= 11 is 0. The first-order valence-electron chi connectivity index (χ1n) is 11.5. The number of aryl methyl sites for hydroxylation is 2. The Kier molecular flexibility index (Phi) is 5.72. The molecule has 0 unspecified atom stereocenters. The molecule has 4 aromatic carbocycles. The molecule has 0 radical (unpaired) electrons. The Morgan fingerprint density at radius 1 is 0.794 bits per heavy atom. The van der Waals surface area contributed by atoms with Gasteiger partial charge in [-0.2, -0.15) is 0 Å². The lowest BCUT2D eigenvalue weighted by molar-refractivity contribution is 0.0986. The van der Waals surface area contributed by atoms with Crippen LogP contribution in [0.4, 0.5) is 11.4 Å². The zero-order chi connectivity index (χ0) is 23.7. The average Bonchev–Trinajstić information content (AvgIpc) is 3.01. The fourth-order valence-corrected chi connectivity index (χ4v) is 4.62. The van der Waals surface area contributed by atoms with Crippen molar-refractivity contribution in [3.05, 3.63) is 119 Å². The highest BCUT2D eigenvalue weighted by atomic mass is 16.2. The second-order valence-electron chi connectivity index (χ2n) is 8.73. The highest BCUT2D eigenvalue weighted by Crippen LogP contribution is 2.36. The van der Waals surface area contributed by atoms with Gasteiger partial charge in [0.15, 0.2) is 0 Å². The molecule has 0 spiro atoms. The van der Waals surface area contributed by atoms with Crippen molar-refractivity contribution in [2.45, 2.75) is 20.3 Å². The lowest BCUT2D eigenvalue weighted by Gasteiger charge is -2.23. The third-order valence-electron chi connectivity index (χ3n) is 6.37. The standard InChI is InChI=1S/C30H26N2O2/c1-20-11-16-25(21(2)19-20)29(33)31-24-14-12-23(13-15-24)30(34)32-18-17-22-7-3-4-8-26(22)27-9-5-6-10-28(27)32/h3-16,19H,17-18H2,1-2H3,(H,31,33). The van der Waals surface area contributed by atoms with Gasteiger partial charge in [0.2, 0.25) is 0 Å². The summed E-state index contributed by atoms with van der Waals surface area (Å²) in [5, 5.41) is 2.94. The van der Waals surface area contributed by atoms with Gasteiger partial charge in [0.1, 0.15) is 0 Å². The van der Waals surface area contributed by atoms with Crippen molar-refractivity contribution >= 4 is 23.2 Å². The molecular formula is C30H26N2O2. The Balaban J connectivity index is 1.38. The van der Waals surface area contributed by atoms with Crippen LogP contribution in [-0.2, 0) is 6.42 Å². The monoisotopic (exact) mass is 446 g/mol. The molecule has 1 heterocycles. The molecule has 0 atom stereocenters.